The molecule has 0 saturated carbocycles. The van der Waals surface area contributed by atoms with Gasteiger partial charge in [-0.1, -0.05) is 0 Å². The summed E-state index contributed by atoms with van der Waals surface area (Å²) in [6.07, 6.45) is 0. The molecule has 0 atom stereocenters. The third-order valence-electron chi connectivity index (χ3n) is 7.08. The van der Waals surface area contributed by atoms with Crippen LogP contribution in [0, 0.1) is 13.8 Å². The summed E-state index contributed by atoms with van der Waals surface area (Å²) < 4.78 is 5.46. The maximum absolute atomic E-state index is 13.3. The fraction of sp³-hybridized carbons (Fsp3) is 0.462. The van der Waals surface area contributed by atoms with E-state index in [9.17, 15) is 9.59 Å². The van der Waals surface area contributed by atoms with Crippen LogP contribution in [0.25, 0.3) is 10.9 Å². The van der Waals surface area contributed by atoms with Gasteiger partial charge in [-0.15, -0.1) is 0 Å². The number of carbonyl (C=O) groups excluding carboxylic acids is 2. The predicted octanol–water partition coefficient (Wildman–Crippen LogP) is 1.85. The molecule has 3 N–H and O–H groups in total. The molecule has 0 spiro atoms. The molecule has 5 rings (SSSR count). The number of amides is 2. The Morgan fingerprint density at radius 2 is 1.78 bits per heavy atom. The van der Waals surface area contributed by atoms with Crippen LogP contribution < -0.4 is 15.5 Å². The van der Waals surface area contributed by atoms with Crippen molar-refractivity contribution < 1.29 is 14.3 Å². The summed E-state index contributed by atoms with van der Waals surface area (Å²) in [5.41, 5.74) is 4.20. The minimum atomic E-state index is -0.338. The Hall–Kier alpha value is -3.70. The van der Waals surface area contributed by atoms with E-state index in [1.807, 2.05) is 34.9 Å². The summed E-state index contributed by atoms with van der Waals surface area (Å²) in [6, 6.07) is 7.39. The van der Waals surface area contributed by atoms with Crippen molar-refractivity contribution in [2.24, 2.45) is 0 Å². The van der Waals surface area contributed by atoms with Crippen molar-refractivity contribution >= 4 is 40.2 Å². The van der Waals surface area contributed by atoms with Crippen LogP contribution in [0.1, 0.15) is 21.7 Å². The Morgan fingerprint density at radius 1 is 1.03 bits per heavy atom. The first kappa shape index (κ1) is 25.0. The third-order valence-corrected chi connectivity index (χ3v) is 7.08. The molecule has 3 aromatic rings. The second-order valence-electron chi connectivity index (χ2n) is 9.66. The minimum Gasteiger partial charge on any atom is -0.378 e. The number of aromatic nitrogens is 3. The van der Waals surface area contributed by atoms with Crippen LogP contribution in [0.5, 0.6) is 0 Å². The van der Waals surface area contributed by atoms with Crippen LogP contribution in [0.4, 0.5) is 17.5 Å². The maximum atomic E-state index is 13.3. The molecule has 0 radical (unpaired) electrons. The fourth-order valence-electron chi connectivity index (χ4n) is 4.61. The van der Waals surface area contributed by atoms with Crippen LogP contribution in [0.3, 0.4) is 0 Å². The molecule has 1 aromatic carbocycles. The smallest absolute Gasteiger partial charge is 0.274 e. The number of piperazine rings is 1. The van der Waals surface area contributed by atoms with E-state index < -0.39 is 0 Å². The number of hydrogen-bond acceptors (Lipinski definition) is 8. The molecule has 2 amide bonds. The Kier molecular flexibility index (Phi) is 7.24. The van der Waals surface area contributed by atoms with Gasteiger partial charge in [0.15, 0.2) is 0 Å². The number of aromatic amines is 1. The summed E-state index contributed by atoms with van der Waals surface area (Å²) >= 11 is 0. The summed E-state index contributed by atoms with van der Waals surface area (Å²) in [5.74, 6) is 0.556. The van der Waals surface area contributed by atoms with Gasteiger partial charge in [0, 0.05) is 67.6 Å². The first-order valence-electron chi connectivity index (χ1n) is 12.7. The highest BCUT2D eigenvalue weighted by Gasteiger charge is 2.21. The highest BCUT2D eigenvalue weighted by molar-refractivity contribution is 6.04. The summed E-state index contributed by atoms with van der Waals surface area (Å²) in [4.78, 5) is 44.6. The lowest BCUT2D eigenvalue weighted by molar-refractivity contribution is -0.130. The Bertz CT molecular complexity index is 1290. The standard InChI is InChI=1S/C26H34N8O3/c1-17-18(2)28-21-5-4-19(14-20(17)21)29-25(36)22-15-23(31-26(30-22)34-10-12-37-13-11-34)27-16-24(35)33-8-6-32(3)7-9-33/h4-5,14-15,28H,6-13,16H2,1-3H3,(H,29,36)(H,27,30,31). The van der Waals surface area contributed by atoms with E-state index in [1.54, 1.807) is 6.07 Å². The Labute approximate surface area is 216 Å². The van der Waals surface area contributed by atoms with E-state index >= 15 is 0 Å². The number of anilines is 3. The van der Waals surface area contributed by atoms with Crippen LogP contribution >= 0.6 is 0 Å². The first-order chi connectivity index (χ1) is 17.9. The van der Waals surface area contributed by atoms with E-state index in [1.165, 1.54) is 0 Å². The van der Waals surface area contributed by atoms with E-state index in [4.69, 9.17) is 4.74 Å². The molecule has 2 aliphatic heterocycles. The lowest BCUT2D eigenvalue weighted by Gasteiger charge is -2.32. The molecule has 2 saturated heterocycles. The maximum Gasteiger partial charge on any atom is 0.274 e. The van der Waals surface area contributed by atoms with Gasteiger partial charge in [0.05, 0.1) is 19.8 Å². The van der Waals surface area contributed by atoms with Gasteiger partial charge >= 0.3 is 0 Å². The molecule has 0 aliphatic carbocycles. The van der Waals surface area contributed by atoms with Crippen molar-refractivity contribution in [3.63, 3.8) is 0 Å². The zero-order chi connectivity index (χ0) is 25.9. The average molecular weight is 507 g/mol. The van der Waals surface area contributed by atoms with Gasteiger partial charge in [0.1, 0.15) is 11.5 Å². The van der Waals surface area contributed by atoms with E-state index in [2.05, 4.69) is 44.5 Å². The summed E-state index contributed by atoms with van der Waals surface area (Å²) in [7, 11) is 2.05. The second kappa shape index (κ2) is 10.7. The average Bonchev–Trinajstić information content (AvgIpc) is 3.20. The molecule has 11 heteroatoms. The summed E-state index contributed by atoms with van der Waals surface area (Å²) in [6.45, 7) is 9.73. The SMILES string of the molecule is Cc1[nH]c2ccc(NC(=O)c3cc(NCC(=O)N4CCN(C)CC4)nc(N4CCOCC4)n3)cc2c1C. The molecular formula is C26H34N8O3. The molecule has 0 bridgehead atoms. The number of H-pyrrole nitrogens is 1. The number of nitrogens with one attached hydrogen (secondary N) is 3. The van der Waals surface area contributed by atoms with Crippen molar-refractivity contribution in [3.8, 4) is 0 Å². The number of fused-ring (bicyclic) bond motifs is 1. The van der Waals surface area contributed by atoms with Gasteiger partial charge in [-0.3, -0.25) is 9.59 Å². The van der Waals surface area contributed by atoms with Crippen LogP contribution in [0.2, 0.25) is 0 Å². The zero-order valence-corrected chi connectivity index (χ0v) is 21.6. The van der Waals surface area contributed by atoms with Gasteiger partial charge < -0.3 is 35.1 Å². The molecular weight excluding hydrogens is 472 g/mol. The minimum absolute atomic E-state index is 0.0103. The van der Waals surface area contributed by atoms with Crippen LogP contribution in [0.15, 0.2) is 24.3 Å². The Morgan fingerprint density at radius 3 is 2.54 bits per heavy atom. The lowest BCUT2D eigenvalue weighted by atomic mass is 10.1. The molecule has 4 heterocycles. The number of aryl methyl sites for hydroxylation is 2. The predicted molar refractivity (Wildman–Crippen MR) is 143 cm³/mol. The van der Waals surface area contributed by atoms with Crippen molar-refractivity contribution in [2.75, 3.05) is 81.6 Å². The quantitative estimate of drug-likeness (QED) is 0.464. The monoisotopic (exact) mass is 506 g/mol. The van der Waals surface area contributed by atoms with Crippen molar-refractivity contribution in [2.45, 2.75) is 13.8 Å². The lowest BCUT2D eigenvalue weighted by Crippen LogP contribution is -2.48. The zero-order valence-electron chi connectivity index (χ0n) is 21.6. The first-order valence-corrected chi connectivity index (χ1v) is 12.7. The number of benzene rings is 1. The number of nitrogens with zero attached hydrogens (tertiary/aromatic N) is 5. The van der Waals surface area contributed by atoms with Gasteiger partial charge in [-0.05, 0) is 44.7 Å². The normalized spacial score (nSPS) is 16.7. The molecule has 196 valence electrons. The summed E-state index contributed by atoms with van der Waals surface area (Å²) in [5, 5.41) is 7.17. The van der Waals surface area contributed by atoms with E-state index in [0.717, 1.165) is 35.2 Å². The largest absolute Gasteiger partial charge is 0.378 e. The molecule has 2 fully saturated rings. The molecule has 0 unspecified atom stereocenters. The topological polar surface area (TPSA) is 119 Å². The molecule has 11 nitrogen and oxygen atoms in total. The van der Waals surface area contributed by atoms with Gasteiger partial charge in [0.25, 0.3) is 5.91 Å². The second-order valence-corrected chi connectivity index (χ2v) is 9.66. The number of hydrogen-bond donors (Lipinski definition) is 3. The van der Waals surface area contributed by atoms with Crippen LogP contribution in [-0.2, 0) is 9.53 Å². The molecule has 37 heavy (non-hydrogen) atoms. The number of morpholine rings is 1. The van der Waals surface area contributed by atoms with Crippen molar-refractivity contribution in [3.05, 3.63) is 41.2 Å². The number of rotatable bonds is 6. The number of carbonyl (C=O) groups is 2. The van der Waals surface area contributed by atoms with Crippen molar-refractivity contribution in [1.82, 2.24) is 24.8 Å². The van der Waals surface area contributed by atoms with Gasteiger partial charge in [-0.25, -0.2) is 4.98 Å². The highest BCUT2D eigenvalue weighted by atomic mass is 16.5. The number of ether oxygens (including phenoxy) is 1. The van der Waals surface area contributed by atoms with Crippen molar-refractivity contribution in [1.29, 1.82) is 0 Å². The van der Waals surface area contributed by atoms with Gasteiger partial charge in [-0.2, -0.15) is 4.98 Å². The highest BCUT2D eigenvalue weighted by Crippen LogP contribution is 2.25. The molecule has 2 aromatic heterocycles. The Balaban J connectivity index is 1.35. The third kappa shape index (κ3) is 5.67. The number of likely N-dealkylation sites (N-methyl/N-ethyl adjacent to an activating group) is 1. The van der Waals surface area contributed by atoms with Crippen LogP contribution in [-0.4, -0.2) is 103 Å². The van der Waals surface area contributed by atoms with E-state index in [0.29, 0.717) is 56.8 Å². The fourth-order valence-corrected chi connectivity index (χ4v) is 4.61. The molecule has 2 aliphatic rings. The van der Waals surface area contributed by atoms with E-state index in [-0.39, 0.29) is 24.1 Å². The van der Waals surface area contributed by atoms with Gasteiger partial charge in [0.2, 0.25) is 11.9 Å².